The number of anilines is 1. The normalized spacial score (nSPS) is 17.8. The molecule has 2 rings (SSSR count). The lowest BCUT2D eigenvalue weighted by atomic mass is 10.3. The van der Waals surface area contributed by atoms with Crippen LogP contribution in [0.1, 0.15) is 5.69 Å². The zero-order valence-corrected chi connectivity index (χ0v) is 7.49. The molecule has 0 atom stereocenters. The first kappa shape index (κ1) is 8.52. The Balaban J connectivity index is 2.13. The molecule has 0 unspecified atom stereocenters. The molecule has 5 heteroatoms. The molecule has 0 radical (unpaired) electrons. The number of ether oxygens (including phenoxy) is 1. The molecule has 1 aromatic rings. The van der Waals surface area contributed by atoms with E-state index in [0.717, 1.165) is 37.7 Å². The van der Waals surface area contributed by atoms with Crippen molar-refractivity contribution in [2.75, 3.05) is 31.2 Å². The molecule has 1 aromatic heterocycles. The minimum absolute atomic E-state index is 0.507. The molecule has 5 nitrogen and oxygen atoms in total. The maximum absolute atomic E-state index is 5.57. The smallest absolute Gasteiger partial charge is 0.0797 e. The summed E-state index contributed by atoms with van der Waals surface area (Å²) in [5, 5.41) is 6.88. The Bertz CT molecular complexity index is 267. The fourth-order valence-corrected chi connectivity index (χ4v) is 1.53. The summed E-state index contributed by atoms with van der Waals surface area (Å²) < 4.78 is 5.27. The van der Waals surface area contributed by atoms with Gasteiger partial charge in [0.1, 0.15) is 0 Å². The number of morpholine rings is 1. The number of H-pyrrole nitrogens is 1. The number of aromatic nitrogens is 2. The molecule has 1 aliphatic heterocycles. The Hall–Kier alpha value is -1.07. The third-order valence-electron chi connectivity index (χ3n) is 2.25. The van der Waals surface area contributed by atoms with Gasteiger partial charge in [-0.25, -0.2) is 0 Å². The topological polar surface area (TPSA) is 67.2 Å². The number of hydrogen-bond donors (Lipinski definition) is 2. The molecule has 0 bridgehead atoms. The second-order valence-electron chi connectivity index (χ2n) is 3.04. The molecular weight excluding hydrogens is 168 g/mol. The van der Waals surface area contributed by atoms with E-state index in [1.165, 1.54) is 0 Å². The van der Waals surface area contributed by atoms with Crippen molar-refractivity contribution < 1.29 is 4.74 Å². The van der Waals surface area contributed by atoms with Crippen LogP contribution in [0.3, 0.4) is 0 Å². The van der Waals surface area contributed by atoms with Crippen LogP contribution in [-0.4, -0.2) is 36.5 Å². The first-order valence-corrected chi connectivity index (χ1v) is 4.47. The summed E-state index contributed by atoms with van der Waals surface area (Å²) in [6.45, 7) is 3.93. The van der Waals surface area contributed by atoms with E-state index >= 15 is 0 Å². The highest BCUT2D eigenvalue weighted by Gasteiger charge is 2.15. The first-order chi connectivity index (χ1) is 6.42. The van der Waals surface area contributed by atoms with Crippen LogP contribution in [0.5, 0.6) is 0 Å². The predicted molar refractivity (Wildman–Crippen MR) is 49.5 cm³/mol. The van der Waals surface area contributed by atoms with Crippen molar-refractivity contribution in [3.8, 4) is 0 Å². The predicted octanol–water partition coefficient (Wildman–Crippen LogP) is -0.295. The molecule has 1 fully saturated rings. The maximum atomic E-state index is 5.57. The van der Waals surface area contributed by atoms with Crippen molar-refractivity contribution >= 4 is 5.69 Å². The van der Waals surface area contributed by atoms with E-state index in [0.29, 0.717) is 6.54 Å². The van der Waals surface area contributed by atoms with E-state index in [2.05, 4.69) is 15.1 Å². The molecule has 0 aliphatic carbocycles. The maximum Gasteiger partial charge on any atom is 0.0797 e. The van der Waals surface area contributed by atoms with Crippen LogP contribution < -0.4 is 10.6 Å². The summed E-state index contributed by atoms with van der Waals surface area (Å²) in [5.74, 6) is 0. The number of nitrogens with zero attached hydrogens (tertiary/aromatic N) is 2. The molecule has 0 saturated carbocycles. The van der Waals surface area contributed by atoms with Crippen molar-refractivity contribution in [2.45, 2.75) is 6.54 Å². The molecule has 2 heterocycles. The highest BCUT2D eigenvalue weighted by molar-refractivity contribution is 5.49. The minimum atomic E-state index is 0.507. The Morgan fingerprint density at radius 1 is 1.54 bits per heavy atom. The lowest BCUT2D eigenvalue weighted by Crippen LogP contribution is -2.36. The van der Waals surface area contributed by atoms with Crippen molar-refractivity contribution in [1.29, 1.82) is 0 Å². The molecule has 3 N–H and O–H groups in total. The van der Waals surface area contributed by atoms with E-state index < -0.39 is 0 Å². The SMILES string of the molecule is NCc1[nH]ncc1N1CCOCC1. The monoisotopic (exact) mass is 182 g/mol. The van der Waals surface area contributed by atoms with Gasteiger partial charge in [0.15, 0.2) is 0 Å². The zero-order valence-electron chi connectivity index (χ0n) is 7.49. The van der Waals surface area contributed by atoms with Crippen LogP contribution in [0.4, 0.5) is 5.69 Å². The summed E-state index contributed by atoms with van der Waals surface area (Å²) in [6, 6.07) is 0. The van der Waals surface area contributed by atoms with Gasteiger partial charge in [0, 0.05) is 19.6 Å². The van der Waals surface area contributed by atoms with Crippen molar-refractivity contribution in [3.63, 3.8) is 0 Å². The lowest BCUT2D eigenvalue weighted by molar-refractivity contribution is 0.122. The molecule has 13 heavy (non-hydrogen) atoms. The number of nitrogens with two attached hydrogens (primary N) is 1. The zero-order chi connectivity index (χ0) is 9.10. The van der Waals surface area contributed by atoms with Crippen LogP contribution in [0, 0.1) is 0 Å². The van der Waals surface area contributed by atoms with Crippen LogP contribution in [0.25, 0.3) is 0 Å². The van der Waals surface area contributed by atoms with Crippen molar-refractivity contribution in [1.82, 2.24) is 10.2 Å². The van der Waals surface area contributed by atoms with Crippen molar-refractivity contribution in [3.05, 3.63) is 11.9 Å². The average Bonchev–Trinajstić information content (AvgIpc) is 2.67. The standard InChI is InChI=1S/C8H14N4O/c9-5-7-8(6-10-11-7)12-1-3-13-4-2-12/h6H,1-5,9H2,(H,10,11). The fraction of sp³-hybridized carbons (Fsp3) is 0.625. The van der Waals surface area contributed by atoms with E-state index in [-0.39, 0.29) is 0 Å². The van der Waals surface area contributed by atoms with Gasteiger partial charge in [-0.05, 0) is 0 Å². The molecule has 0 amide bonds. The van der Waals surface area contributed by atoms with Gasteiger partial charge in [0.2, 0.25) is 0 Å². The second kappa shape index (κ2) is 3.76. The van der Waals surface area contributed by atoms with Crippen molar-refractivity contribution in [2.24, 2.45) is 5.73 Å². The van der Waals surface area contributed by atoms with Crippen LogP contribution in [0.15, 0.2) is 6.20 Å². The summed E-state index contributed by atoms with van der Waals surface area (Å²) >= 11 is 0. The molecule has 1 saturated heterocycles. The molecule has 0 spiro atoms. The highest BCUT2D eigenvalue weighted by Crippen LogP contribution is 2.18. The number of aromatic amines is 1. The van der Waals surface area contributed by atoms with E-state index in [4.69, 9.17) is 10.5 Å². The number of nitrogens with one attached hydrogen (secondary N) is 1. The Morgan fingerprint density at radius 3 is 3.00 bits per heavy atom. The highest BCUT2D eigenvalue weighted by atomic mass is 16.5. The second-order valence-corrected chi connectivity index (χ2v) is 3.04. The lowest BCUT2D eigenvalue weighted by Gasteiger charge is -2.28. The summed E-state index contributed by atoms with van der Waals surface area (Å²) in [6.07, 6.45) is 1.83. The number of rotatable bonds is 2. The first-order valence-electron chi connectivity index (χ1n) is 4.47. The average molecular weight is 182 g/mol. The van der Waals surface area contributed by atoms with Gasteiger partial charge in [-0.3, -0.25) is 5.10 Å². The van der Waals surface area contributed by atoms with Crippen LogP contribution >= 0.6 is 0 Å². The fourth-order valence-electron chi connectivity index (χ4n) is 1.53. The molecule has 0 aromatic carbocycles. The Labute approximate surface area is 76.9 Å². The van der Waals surface area contributed by atoms with E-state index in [1.54, 1.807) is 0 Å². The van der Waals surface area contributed by atoms with Gasteiger partial charge in [0.25, 0.3) is 0 Å². The van der Waals surface area contributed by atoms with Crippen LogP contribution in [0.2, 0.25) is 0 Å². The summed E-state index contributed by atoms with van der Waals surface area (Å²) in [4.78, 5) is 2.25. The molecule has 72 valence electrons. The third kappa shape index (κ3) is 1.66. The van der Waals surface area contributed by atoms with E-state index in [1.807, 2.05) is 6.20 Å². The van der Waals surface area contributed by atoms with Crippen LogP contribution in [-0.2, 0) is 11.3 Å². The van der Waals surface area contributed by atoms with Gasteiger partial charge in [-0.15, -0.1) is 0 Å². The minimum Gasteiger partial charge on any atom is -0.378 e. The van der Waals surface area contributed by atoms with E-state index in [9.17, 15) is 0 Å². The van der Waals surface area contributed by atoms with Gasteiger partial charge in [-0.2, -0.15) is 5.10 Å². The van der Waals surface area contributed by atoms with Gasteiger partial charge in [0.05, 0.1) is 30.8 Å². The number of hydrogen-bond acceptors (Lipinski definition) is 4. The third-order valence-corrected chi connectivity index (χ3v) is 2.25. The Kier molecular flexibility index (Phi) is 2.47. The molecule has 1 aliphatic rings. The van der Waals surface area contributed by atoms with Gasteiger partial charge in [-0.1, -0.05) is 0 Å². The largest absolute Gasteiger partial charge is 0.378 e. The Morgan fingerprint density at radius 2 is 2.31 bits per heavy atom. The molecular formula is C8H14N4O. The summed E-state index contributed by atoms with van der Waals surface area (Å²) in [5.41, 5.74) is 7.69. The van der Waals surface area contributed by atoms with Gasteiger partial charge < -0.3 is 15.4 Å². The van der Waals surface area contributed by atoms with Gasteiger partial charge >= 0.3 is 0 Å². The summed E-state index contributed by atoms with van der Waals surface area (Å²) in [7, 11) is 0. The quantitative estimate of drug-likeness (QED) is 0.659.